The lowest BCUT2D eigenvalue weighted by Gasteiger charge is -2.39. The first-order valence-electron chi connectivity index (χ1n) is 16.8. The molecule has 0 amide bonds. The summed E-state index contributed by atoms with van der Waals surface area (Å²) in [6.07, 6.45) is 9.94. The molecule has 2 fully saturated rings. The molecular formula is C34H40N10OS. The molecule has 4 atom stereocenters. The van der Waals surface area contributed by atoms with E-state index in [-0.39, 0.29) is 6.04 Å². The van der Waals surface area contributed by atoms with Crippen LogP contribution >= 0.6 is 11.3 Å². The van der Waals surface area contributed by atoms with Gasteiger partial charge in [-0.2, -0.15) is 15.6 Å². The van der Waals surface area contributed by atoms with Gasteiger partial charge in [0, 0.05) is 29.6 Å². The van der Waals surface area contributed by atoms with Gasteiger partial charge in [0.2, 0.25) is 0 Å². The highest BCUT2D eigenvalue weighted by Crippen LogP contribution is 2.55. The summed E-state index contributed by atoms with van der Waals surface area (Å²) in [5.74, 6) is 2.64. The second kappa shape index (κ2) is 11.1. The number of piperidine rings is 1. The smallest absolute Gasteiger partial charge is 0.186 e. The number of thiophene rings is 1. The van der Waals surface area contributed by atoms with Crippen LogP contribution in [0.2, 0.25) is 0 Å². The first-order valence-corrected chi connectivity index (χ1v) is 17.6. The molecule has 11 nitrogen and oxygen atoms in total. The molecule has 0 aromatic carbocycles. The zero-order valence-corrected chi connectivity index (χ0v) is 27.7. The zero-order valence-electron chi connectivity index (χ0n) is 26.8. The third-order valence-corrected chi connectivity index (χ3v) is 12.3. The number of hydrogen-bond donors (Lipinski definition) is 1. The number of anilines is 2. The molecule has 46 heavy (non-hydrogen) atoms. The molecule has 2 aliphatic carbocycles. The summed E-state index contributed by atoms with van der Waals surface area (Å²) < 4.78 is 8.31. The number of fused-ring (bicyclic) bond motifs is 5. The molecule has 2 N–H and O–H groups in total. The minimum atomic E-state index is -0.418. The van der Waals surface area contributed by atoms with E-state index < -0.39 is 5.41 Å². The van der Waals surface area contributed by atoms with Gasteiger partial charge in [0.15, 0.2) is 28.6 Å². The average Bonchev–Trinajstić information content (AvgIpc) is 3.84. The molecule has 0 radical (unpaired) electrons. The van der Waals surface area contributed by atoms with Gasteiger partial charge in [-0.3, -0.25) is 0 Å². The molecule has 4 aromatic rings. The number of nitriles is 2. The van der Waals surface area contributed by atoms with Gasteiger partial charge in [-0.15, -0.1) is 11.3 Å². The Hall–Kier alpha value is -4.00. The molecule has 12 heteroatoms. The topological polar surface area (TPSA) is 150 Å². The van der Waals surface area contributed by atoms with Gasteiger partial charge in [-0.25, -0.2) is 14.6 Å². The van der Waals surface area contributed by atoms with Crippen LogP contribution in [0.5, 0.6) is 0 Å². The van der Waals surface area contributed by atoms with E-state index in [1.54, 1.807) is 11.3 Å². The number of likely N-dealkylation sites (N-methyl/N-ethyl adjacent to an activating group) is 1. The highest BCUT2D eigenvalue weighted by molar-refractivity contribution is 7.16. The summed E-state index contributed by atoms with van der Waals surface area (Å²) >= 11 is 1.55. The molecule has 0 bridgehead atoms. The summed E-state index contributed by atoms with van der Waals surface area (Å²) in [5, 5.41) is 31.4. The van der Waals surface area contributed by atoms with E-state index in [1.807, 2.05) is 4.68 Å². The molecule has 4 aromatic heterocycles. The number of likely N-dealkylation sites (tertiary alicyclic amines) is 1. The minimum absolute atomic E-state index is 0.0246. The quantitative estimate of drug-likeness (QED) is 0.295. The Morgan fingerprint density at radius 2 is 1.87 bits per heavy atom. The number of nitrogens with two attached hydrogens (primary N) is 1. The van der Waals surface area contributed by atoms with Gasteiger partial charge in [0.05, 0.1) is 22.4 Å². The highest BCUT2D eigenvalue weighted by Gasteiger charge is 2.49. The summed E-state index contributed by atoms with van der Waals surface area (Å²) in [6, 6.07) is 5.13. The van der Waals surface area contributed by atoms with E-state index in [9.17, 15) is 10.5 Å². The number of nitrogens with zero attached hydrogens (tertiary/aromatic N) is 9. The molecule has 1 unspecified atom stereocenters. The molecule has 4 aliphatic rings. The van der Waals surface area contributed by atoms with Gasteiger partial charge in [0.25, 0.3) is 0 Å². The number of nitrogen functional groups attached to an aromatic ring is 1. The van der Waals surface area contributed by atoms with Crippen molar-refractivity contribution in [1.29, 1.82) is 10.5 Å². The lowest BCUT2D eigenvalue weighted by Crippen LogP contribution is -2.35. The average molecular weight is 637 g/mol. The van der Waals surface area contributed by atoms with E-state index in [2.05, 4.69) is 42.8 Å². The van der Waals surface area contributed by atoms with Crippen LogP contribution in [-0.2, 0) is 18.3 Å². The van der Waals surface area contributed by atoms with Crippen molar-refractivity contribution >= 4 is 33.2 Å². The van der Waals surface area contributed by atoms with Crippen molar-refractivity contribution in [3.8, 4) is 23.7 Å². The van der Waals surface area contributed by atoms with Crippen molar-refractivity contribution < 1.29 is 4.52 Å². The van der Waals surface area contributed by atoms with Crippen LogP contribution in [0.1, 0.15) is 104 Å². The molecule has 2 saturated heterocycles. The molecular weight excluding hydrogens is 597 g/mol. The fourth-order valence-corrected chi connectivity index (χ4v) is 10.2. The summed E-state index contributed by atoms with van der Waals surface area (Å²) in [4.78, 5) is 16.3. The summed E-state index contributed by atoms with van der Waals surface area (Å²) in [7, 11) is 2.17. The Bertz CT molecular complexity index is 1920. The van der Waals surface area contributed by atoms with Crippen molar-refractivity contribution in [2.45, 2.75) is 95.6 Å². The van der Waals surface area contributed by atoms with Crippen molar-refractivity contribution in [1.82, 2.24) is 29.8 Å². The Morgan fingerprint density at radius 3 is 2.61 bits per heavy atom. The number of aromatic nitrogens is 5. The van der Waals surface area contributed by atoms with Crippen molar-refractivity contribution in [3.63, 3.8) is 0 Å². The Morgan fingerprint density at radius 1 is 1.07 bits per heavy atom. The monoisotopic (exact) mass is 636 g/mol. The second-order valence-corrected chi connectivity index (χ2v) is 15.1. The van der Waals surface area contributed by atoms with Gasteiger partial charge >= 0.3 is 0 Å². The van der Waals surface area contributed by atoms with Gasteiger partial charge in [-0.05, 0) is 96.2 Å². The summed E-state index contributed by atoms with van der Waals surface area (Å²) in [5.41, 5.74) is 10.4. The molecule has 1 spiro atoms. The van der Waals surface area contributed by atoms with Crippen LogP contribution in [0.25, 0.3) is 22.6 Å². The molecule has 0 saturated carbocycles. The molecule has 2 aliphatic heterocycles. The Kier molecular flexibility index (Phi) is 7.07. The van der Waals surface area contributed by atoms with Gasteiger partial charge < -0.3 is 20.1 Å². The predicted molar refractivity (Wildman–Crippen MR) is 177 cm³/mol. The van der Waals surface area contributed by atoms with Gasteiger partial charge in [0.1, 0.15) is 23.0 Å². The maximum Gasteiger partial charge on any atom is 0.186 e. The number of aryl methyl sites for hydroxylation is 1. The van der Waals surface area contributed by atoms with Crippen LogP contribution in [0.4, 0.5) is 10.8 Å². The largest absolute Gasteiger partial charge is 0.389 e. The molecule has 8 rings (SSSR count). The maximum absolute atomic E-state index is 10.3. The Labute approximate surface area is 273 Å². The first kappa shape index (κ1) is 29.4. The second-order valence-electron chi connectivity index (χ2n) is 14.0. The van der Waals surface area contributed by atoms with E-state index >= 15 is 0 Å². The molecule has 238 valence electrons. The third kappa shape index (κ3) is 4.30. The van der Waals surface area contributed by atoms with Crippen LogP contribution in [-0.4, -0.2) is 62.5 Å². The number of rotatable bonds is 4. The van der Waals surface area contributed by atoms with Crippen LogP contribution < -0.4 is 10.6 Å². The third-order valence-electron chi connectivity index (χ3n) is 11.2. The lowest BCUT2D eigenvalue weighted by atomic mass is 9.63. The van der Waals surface area contributed by atoms with Crippen LogP contribution in [0.3, 0.4) is 0 Å². The van der Waals surface area contributed by atoms with Gasteiger partial charge in [-0.1, -0.05) is 12.1 Å². The minimum Gasteiger partial charge on any atom is -0.389 e. The van der Waals surface area contributed by atoms with Crippen LogP contribution in [0, 0.1) is 28.6 Å². The maximum atomic E-state index is 10.3. The normalized spacial score (nSPS) is 25.4. The van der Waals surface area contributed by atoms with Crippen molar-refractivity contribution in [3.05, 3.63) is 33.0 Å². The first-order chi connectivity index (χ1) is 22.3. The van der Waals surface area contributed by atoms with Crippen molar-refractivity contribution in [2.24, 2.45) is 5.92 Å². The van der Waals surface area contributed by atoms with Crippen LogP contribution in [0.15, 0.2) is 4.52 Å². The fraction of sp³-hybridized carbons (Fsp3) is 0.588. The Balaban J connectivity index is 1.33. The van der Waals surface area contributed by atoms with E-state index in [0.29, 0.717) is 45.4 Å². The van der Waals surface area contributed by atoms with Crippen molar-refractivity contribution in [2.75, 3.05) is 37.3 Å². The number of hydrogen-bond acceptors (Lipinski definition) is 11. The summed E-state index contributed by atoms with van der Waals surface area (Å²) in [6.45, 7) is 7.24. The highest BCUT2D eigenvalue weighted by atomic mass is 32.1. The SMILES string of the molecule is CC1CCCN(c2nc(-c3noc4c3CCC[C@@]43CCCc4sc(N)c(C#N)c43)nc3c2c(C#N)nn3[C@@H](C)[C@@H]2CCCN2C)C1. The van der Waals surface area contributed by atoms with E-state index in [0.717, 1.165) is 106 Å². The van der Waals surface area contributed by atoms with E-state index in [4.69, 9.17) is 30.5 Å². The molecule has 6 heterocycles. The van der Waals surface area contributed by atoms with E-state index in [1.165, 1.54) is 11.3 Å². The fourth-order valence-electron chi connectivity index (χ4n) is 9.02. The zero-order chi connectivity index (χ0) is 31.7. The predicted octanol–water partition coefficient (Wildman–Crippen LogP) is 5.72. The standard InChI is InChI=1S/C34H40N10OS/c1-19-8-6-15-43(18-19)32-26-23(17-36)40-44(20(2)24-10-7-14-42(24)3)33(26)39-31(38-32)28-21-9-4-12-34(29(21)45-41-28)13-5-11-25-27(34)22(16-35)30(37)46-25/h19-20,24H,4-15,18,37H2,1-3H3/t19?,20-,24-,34-/m0/s1. The lowest BCUT2D eigenvalue weighted by molar-refractivity contribution is 0.232.